The van der Waals surface area contributed by atoms with Crippen LogP contribution in [0.5, 0.6) is 0 Å². The summed E-state index contributed by atoms with van der Waals surface area (Å²) in [6.45, 7) is 5.69. The van der Waals surface area contributed by atoms with Gasteiger partial charge < -0.3 is 4.42 Å². The summed E-state index contributed by atoms with van der Waals surface area (Å²) in [4.78, 5) is 8.99. The highest BCUT2D eigenvalue weighted by Crippen LogP contribution is 2.34. The zero-order valence-corrected chi connectivity index (χ0v) is 14.0. The maximum absolute atomic E-state index is 8.22. The number of furan rings is 1. The average molecular weight is 318 g/mol. The van der Waals surface area contributed by atoms with Crippen molar-refractivity contribution in [3.63, 3.8) is 0 Å². The third-order valence-electron chi connectivity index (χ3n) is 4.00. The number of aryl methyl sites for hydroxylation is 1. The van der Waals surface area contributed by atoms with Gasteiger partial charge in [-0.1, -0.05) is 32.0 Å². The van der Waals surface area contributed by atoms with Crippen LogP contribution in [-0.4, -0.2) is 9.97 Å². The summed E-state index contributed by atoms with van der Waals surface area (Å²) in [5, 5.41) is 1.99. The van der Waals surface area contributed by atoms with E-state index >= 15 is 0 Å². The molecule has 0 spiro atoms. The Kier molecular flexibility index (Phi) is 3.04. The molecule has 0 saturated carbocycles. The minimum atomic E-state index is -1.40. The smallest absolute Gasteiger partial charge is 0.227 e. The highest BCUT2D eigenvalue weighted by molar-refractivity contribution is 6.08. The van der Waals surface area contributed by atoms with Crippen LogP contribution in [0.4, 0.5) is 0 Å². The molecular weight excluding hydrogens is 296 g/mol. The molecule has 3 aromatic heterocycles. The van der Waals surface area contributed by atoms with Gasteiger partial charge >= 0.3 is 0 Å². The number of hydrogen-bond acceptors (Lipinski definition) is 3. The highest BCUT2D eigenvalue weighted by Gasteiger charge is 2.13. The number of benzene rings is 1. The van der Waals surface area contributed by atoms with Gasteiger partial charge in [0, 0.05) is 31.0 Å². The van der Waals surface area contributed by atoms with Gasteiger partial charge in [0.25, 0.3) is 0 Å². The molecule has 0 bridgehead atoms. The summed E-state index contributed by atoms with van der Waals surface area (Å²) in [5.74, 6) is -0.122. The number of aromatic nitrogens is 2. The summed E-state index contributed by atoms with van der Waals surface area (Å²) in [6.07, 6.45) is 0.220. The van der Waals surface area contributed by atoms with Crippen LogP contribution in [0, 0.1) is 12.8 Å². The molecule has 0 N–H and O–H groups in total. The van der Waals surface area contributed by atoms with Crippen molar-refractivity contribution in [3.05, 3.63) is 59.9 Å². The Morgan fingerprint density at radius 1 is 1.08 bits per heavy atom. The van der Waals surface area contributed by atoms with E-state index in [1.165, 1.54) is 0 Å². The van der Waals surface area contributed by atoms with E-state index in [0.717, 1.165) is 33.3 Å². The molecule has 0 aliphatic carbocycles. The van der Waals surface area contributed by atoms with Gasteiger partial charge in [0.05, 0.1) is 5.69 Å². The molecule has 0 radical (unpaired) electrons. The Bertz CT molecular complexity index is 1100. The van der Waals surface area contributed by atoms with E-state index in [9.17, 15) is 0 Å². The fraction of sp³-hybridized carbons (Fsp3) is 0.238. The topological polar surface area (TPSA) is 38.9 Å². The third kappa shape index (κ3) is 2.56. The van der Waals surface area contributed by atoms with Crippen LogP contribution in [0.2, 0.25) is 0 Å². The molecule has 1 aromatic carbocycles. The molecule has 0 unspecified atom stereocenters. The van der Waals surface area contributed by atoms with Crippen LogP contribution in [-0.2, 0) is 6.37 Å². The lowest BCUT2D eigenvalue weighted by molar-refractivity contribution is 0.645. The second-order valence-electron chi connectivity index (χ2n) is 6.32. The van der Waals surface area contributed by atoms with Crippen molar-refractivity contribution in [2.45, 2.75) is 27.1 Å². The lowest BCUT2D eigenvalue weighted by atomic mass is 10.0. The molecule has 0 saturated heterocycles. The van der Waals surface area contributed by atoms with Crippen LogP contribution in [0.3, 0.4) is 0 Å². The molecule has 0 amide bonds. The van der Waals surface area contributed by atoms with E-state index in [-0.39, 0.29) is 5.92 Å². The first-order valence-corrected chi connectivity index (χ1v) is 8.13. The molecular formula is C21H20N2O. The molecule has 120 valence electrons. The fourth-order valence-corrected chi connectivity index (χ4v) is 2.95. The van der Waals surface area contributed by atoms with Crippen molar-refractivity contribution >= 4 is 22.1 Å². The second kappa shape index (κ2) is 5.75. The summed E-state index contributed by atoms with van der Waals surface area (Å²) >= 11 is 0. The van der Waals surface area contributed by atoms with Gasteiger partial charge in [-0.15, -0.1) is 0 Å². The maximum atomic E-state index is 8.22. The van der Waals surface area contributed by atoms with Crippen LogP contribution in [0.15, 0.2) is 53.1 Å². The Morgan fingerprint density at radius 3 is 2.71 bits per heavy atom. The molecule has 0 fully saturated rings. The van der Waals surface area contributed by atoms with Gasteiger partial charge in [-0.25, -0.2) is 4.98 Å². The van der Waals surface area contributed by atoms with Gasteiger partial charge in [-0.05, 0) is 49.0 Å². The van der Waals surface area contributed by atoms with Crippen LogP contribution < -0.4 is 0 Å². The Hall–Kier alpha value is -2.68. The average Bonchev–Trinajstić information content (AvgIpc) is 2.99. The molecule has 3 nitrogen and oxygen atoms in total. The van der Waals surface area contributed by atoms with E-state index in [1.807, 2.05) is 63.2 Å². The van der Waals surface area contributed by atoms with Gasteiger partial charge in [0.15, 0.2) is 0 Å². The number of hydrogen-bond donors (Lipinski definition) is 0. The summed E-state index contributed by atoms with van der Waals surface area (Å²) < 4.78 is 22.5. The maximum Gasteiger partial charge on any atom is 0.227 e. The van der Waals surface area contributed by atoms with Crippen molar-refractivity contribution in [2.24, 2.45) is 5.92 Å². The predicted molar refractivity (Wildman–Crippen MR) is 98.0 cm³/mol. The van der Waals surface area contributed by atoms with Crippen LogP contribution in [0.25, 0.3) is 33.3 Å². The van der Waals surface area contributed by atoms with Gasteiger partial charge in [0.1, 0.15) is 5.58 Å². The number of para-hydroxylation sites is 1. The Morgan fingerprint density at radius 2 is 1.96 bits per heavy atom. The molecule has 0 aliphatic heterocycles. The third-order valence-corrected chi connectivity index (χ3v) is 4.00. The molecule has 0 atom stereocenters. The molecule has 4 aromatic rings. The lowest BCUT2D eigenvalue weighted by Gasteiger charge is -2.06. The van der Waals surface area contributed by atoms with E-state index in [0.29, 0.717) is 11.3 Å². The van der Waals surface area contributed by atoms with Crippen molar-refractivity contribution in [1.82, 2.24) is 9.97 Å². The van der Waals surface area contributed by atoms with Crippen molar-refractivity contribution in [3.8, 4) is 11.3 Å². The summed E-state index contributed by atoms with van der Waals surface area (Å²) in [7, 11) is 0. The largest absolute Gasteiger partial charge is 0.437 e. The first kappa shape index (κ1) is 12.7. The van der Waals surface area contributed by atoms with E-state index < -0.39 is 6.37 Å². The molecule has 3 heterocycles. The van der Waals surface area contributed by atoms with E-state index in [4.69, 9.17) is 7.16 Å². The zero-order valence-electron chi connectivity index (χ0n) is 16.0. The fourth-order valence-electron chi connectivity index (χ4n) is 2.95. The number of rotatable bonds is 3. The van der Waals surface area contributed by atoms with Gasteiger partial charge in [-0.2, -0.15) is 0 Å². The van der Waals surface area contributed by atoms with Crippen LogP contribution in [0.1, 0.15) is 27.8 Å². The zero-order chi connectivity index (χ0) is 18.5. The van der Waals surface area contributed by atoms with Crippen molar-refractivity contribution < 1.29 is 7.16 Å². The first-order chi connectivity index (χ1) is 12.4. The predicted octanol–water partition coefficient (Wildman–Crippen LogP) is 5.55. The Labute approximate surface area is 144 Å². The molecule has 3 heteroatoms. The normalized spacial score (nSPS) is 13.5. The van der Waals surface area contributed by atoms with Crippen molar-refractivity contribution in [2.75, 3.05) is 0 Å². The highest BCUT2D eigenvalue weighted by atomic mass is 16.3. The molecule has 24 heavy (non-hydrogen) atoms. The minimum Gasteiger partial charge on any atom is -0.437 e. The Balaban J connectivity index is 1.85. The van der Waals surface area contributed by atoms with Gasteiger partial charge in [-0.3, -0.25) is 4.98 Å². The quantitative estimate of drug-likeness (QED) is 0.497. The lowest BCUT2D eigenvalue weighted by Crippen LogP contribution is -1.95. The van der Waals surface area contributed by atoms with E-state index in [2.05, 4.69) is 9.97 Å². The second-order valence-corrected chi connectivity index (χ2v) is 6.32. The van der Waals surface area contributed by atoms with Crippen molar-refractivity contribution in [1.29, 1.82) is 0 Å². The SMILES string of the molecule is [2H]C([2H])(c1ccc(-c2cccc3c2oc2nc(C)ccc23)nc1)C(C)C. The van der Waals surface area contributed by atoms with E-state index in [1.54, 1.807) is 6.20 Å². The number of fused-ring (bicyclic) bond motifs is 3. The standard InChI is InChI=1S/C21H20N2O/c1-13(2)11-15-8-10-19(22-12-15)18-6-4-5-16-17-9-7-14(3)23-21(17)24-20(16)18/h4-10,12-13H,11H2,1-3H3/i11D2. The first-order valence-electron chi connectivity index (χ1n) is 9.13. The summed E-state index contributed by atoms with van der Waals surface area (Å²) in [6, 6.07) is 13.6. The number of pyridine rings is 2. The monoisotopic (exact) mass is 318 g/mol. The van der Waals surface area contributed by atoms with Crippen LogP contribution >= 0.6 is 0 Å². The number of nitrogens with zero attached hydrogens (tertiary/aromatic N) is 2. The van der Waals surface area contributed by atoms with Gasteiger partial charge in [0.2, 0.25) is 5.71 Å². The molecule has 0 aliphatic rings. The minimum absolute atomic E-state index is 0.122. The molecule has 4 rings (SSSR count). The summed E-state index contributed by atoms with van der Waals surface area (Å²) in [5.41, 5.74) is 4.53.